The molecule has 0 bridgehead atoms. The van der Waals surface area contributed by atoms with E-state index >= 15 is 0 Å². The van der Waals surface area contributed by atoms with Crippen molar-refractivity contribution in [1.29, 1.82) is 0 Å². The molecule has 5 heterocycles. The first-order valence-electron chi connectivity index (χ1n) is 38.9. The number of hydrogen-bond acceptors (Lipinski definition) is 19. The molecule has 114 heavy (non-hydrogen) atoms. The lowest BCUT2D eigenvalue weighted by Gasteiger charge is -2.32. The maximum absolute atomic E-state index is 14.8. The molecule has 6 aromatic carbocycles. The fourth-order valence-electron chi connectivity index (χ4n) is 13.1. The molecule has 5 fully saturated rings. The summed E-state index contributed by atoms with van der Waals surface area (Å²) in [4.78, 5) is 141. The van der Waals surface area contributed by atoms with Crippen LogP contribution in [-0.2, 0) is 87.4 Å². The van der Waals surface area contributed by atoms with Gasteiger partial charge in [0.15, 0.2) is 5.78 Å². The molecule has 0 radical (unpaired) electrons. The second-order valence-corrected chi connectivity index (χ2v) is 33.8. The van der Waals surface area contributed by atoms with Crippen molar-refractivity contribution in [2.45, 2.75) is 239 Å². The third kappa shape index (κ3) is 20.0. The van der Waals surface area contributed by atoms with Crippen molar-refractivity contribution in [2.24, 2.45) is 0 Å². The van der Waals surface area contributed by atoms with Crippen LogP contribution in [0.25, 0.3) is 0 Å². The molecule has 26 nitrogen and oxygen atoms in total. The predicted molar refractivity (Wildman–Crippen MR) is 430 cm³/mol. The lowest BCUT2D eigenvalue weighted by Crippen LogP contribution is -2.41. The zero-order valence-electron chi connectivity index (χ0n) is 68.0. The Hall–Kier alpha value is -9.64. The van der Waals surface area contributed by atoms with E-state index in [1.807, 2.05) is 111 Å². The van der Waals surface area contributed by atoms with Crippen LogP contribution in [0, 0.1) is 0 Å². The number of hydrogen-bond donors (Lipinski definition) is 6. The van der Waals surface area contributed by atoms with Gasteiger partial charge in [-0.1, -0.05) is 60.7 Å². The number of nitrogens with one attached hydrogen (secondary N) is 6. The minimum atomic E-state index is -1.16. The van der Waals surface area contributed by atoms with Gasteiger partial charge in [-0.05, 0) is 253 Å². The quantitative estimate of drug-likeness (QED) is 0.0143. The highest BCUT2D eigenvalue weighted by molar-refractivity contribution is 6.63. The lowest BCUT2D eigenvalue weighted by atomic mass is 9.79. The second-order valence-electron chi connectivity index (χ2n) is 33.8. The van der Waals surface area contributed by atoms with Gasteiger partial charge in [0.2, 0.25) is 0 Å². The summed E-state index contributed by atoms with van der Waals surface area (Å²) in [6.07, 6.45) is -0.227. The zero-order valence-corrected chi connectivity index (χ0v) is 68.0. The smallest absolute Gasteiger partial charge is 0.399 e. The number of imide groups is 1. The van der Waals surface area contributed by atoms with Crippen LogP contribution in [0.4, 0.5) is 0 Å². The number of unbranched alkanes of at least 4 members (excludes halogenated alkanes) is 1. The van der Waals surface area contributed by atoms with E-state index in [1.54, 1.807) is 133 Å². The van der Waals surface area contributed by atoms with Crippen LogP contribution < -0.4 is 53.8 Å². The molecule has 0 spiro atoms. The van der Waals surface area contributed by atoms with Gasteiger partial charge in [-0.15, -0.1) is 5.06 Å². The summed E-state index contributed by atoms with van der Waals surface area (Å²) in [5, 5.41) is 18.1. The Balaban J connectivity index is 0.782. The predicted octanol–water partition coefficient (Wildman–Crippen LogP) is 7.65. The van der Waals surface area contributed by atoms with E-state index in [0.29, 0.717) is 56.0 Å². The Morgan fingerprint density at radius 3 is 0.912 bits per heavy atom. The molecule has 5 aliphatic heterocycles. The third-order valence-electron chi connectivity index (χ3n) is 23.1. The van der Waals surface area contributed by atoms with Crippen LogP contribution in [0.5, 0.6) is 0 Å². The Morgan fingerprint density at radius 2 is 0.623 bits per heavy atom. The number of rotatable bonds is 30. The van der Waals surface area contributed by atoms with Crippen molar-refractivity contribution in [3.8, 4) is 0 Å². The number of benzene rings is 6. The fourth-order valence-corrected chi connectivity index (χ4v) is 13.1. The van der Waals surface area contributed by atoms with Crippen molar-refractivity contribution in [2.75, 3.05) is 6.54 Å². The maximum atomic E-state index is 14.8. The first kappa shape index (κ1) is 85.2. The summed E-state index contributed by atoms with van der Waals surface area (Å²) in [6, 6.07) is 36.3. The highest BCUT2D eigenvalue weighted by Crippen LogP contribution is 2.40. The van der Waals surface area contributed by atoms with Gasteiger partial charge in [-0.25, -0.2) is 4.79 Å². The molecule has 5 saturated heterocycles. The summed E-state index contributed by atoms with van der Waals surface area (Å²) in [5.74, 6) is -5.46. The molecular weight excluding hydrogens is 1450 g/mol. The van der Waals surface area contributed by atoms with E-state index in [2.05, 4.69) is 31.9 Å². The number of nitrogens with zero attached hydrogens (tertiary/aromatic N) is 1. The summed E-state index contributed by atoms with van der Waals surface area (Å²) in [7, 11) is -2.55. The Bertz CT molecular complexity index is 4340. The molecule has 0 saturated carbocycles. The second kappa shape index (κ2) is 34.0. The monoisotopic (exact) mass is 1560 g/mol. The van der Waals surface area contributed by atoms with Gasteiger partial charge < -0.3 is 74.0 Å². The van der Waals surface area contributed by atoms with Gasteiger partial charge in [0.1, 0.15) is 0 Å². The van der Waals surface area contributed by atoms with E-state index in [-0.39, 0.29) is 101 Å². The number of carbonyl (C=O) groups is 10. The fraction of sp³-hybridized carbons (Fsp3) is 0.452. The van der Waals surface area contributed by atoms with Crippen molar-refractivity contribution in [3.05, 3.63) is 189 Å². The van der Waals surface area contributed by atoms with E-state index in [9.17, 15) is 47.9 Å². The molecule has 6 N–H and O–H groups in total. The number of amides is 8. The Labute approximate surface area is 667 Å². The summed E-state index contributed by atoms with van der Waals surface area (Å²) in [5.41, 5.74) is 2.16. The topological polar surface area (TPSA) is 329 Å². The molecule has 5 aliphatic rings. The first-order valence-corrected chi connectivity index (χ1v) is 38.9. The maximum Gasteiger partial charge on any atom is 0.494 e. The summed E-state index contributed by atoms with van der Waals surface area (Å²) >= 11 is 0. The Morgan fingerprint density at radius 1 is 0.351 bits per heavy atom. The van der Waals surface area contributed by atoms with Crippen LogP contribution in [0.3, 0.4) is 0 Å². The minimum absolute atomic E-state index is 0.000533. The molecule has 0 unspecified atom stereocenters. The number of Topliss-reactive ketones (excluding diaryl/α,β-unsaturated/α-hetero) is 1. The van der Waals surface area contributed by atoms with Crippen LogP contribution in [0.1, 0.15) is 247 Å². The molecule has 1 atom stereocenters. The lowest BCUT2D eigenvalue weighted by molar-refractivity contribution is -0.197. The van der Waals surface area contributed by atoms with Crippen LogP contribution in [0.2, 0.25) is 0 Å². The largest absolute Gasteiger partial charge is 0.494 e. The number of hydroxylamine groups is 2. The zero-order chi connectivity index (χ0) is 82.7. The highest BCUT2D eigenvalue weighted by Gasteiger charge is 2.55. The van der Waals surface area contributed by atoms with Crippen LogP contribution in [0.15, 0.2) is 133 Å². The normalized spacial score (nSPS) is 18.8. The standard InChI is InChI=1S/C84H103B4N7O19/c1-77(2)78(3,4)108-85(107-77)62-31-23-56(24-32-62)71(100)90-48-52-42-53(49-91-72(101)57-25-33-63(34-26-57)86-109-79(5,6)80(7,8)110-86)45-60(44-52)75(104)89-41-18-17-20-66(67(96)21-19-22-70(99)106-95-68(97)39-40-69(95)98)94-76(105)61-46-54(50-92-73(102)58-27-35-64(36-28-58)87-111-81(9,10)82(11,12)112-87)43-55(47-61)51-93-74(103)59-29-37-65(38-30-59)88-113-83(13,14)84(15,16)114-88/h23-38,42-47,66H,17-22,39-41,48-51H2,1-16H3,(H,89,104)(H,90,100)(H,91,101)(H,92,102)(H,93,103)(H,94,105)/t66-/m0/s1. The molecule has 0 aromatic heterocycles. The highest BCUT2D eigenvalue weighted by atomic mass is 16.7. The van der Waals surface area contributed by atoms with E-state index in [4.69, 9.17) is 42.1 Å². The average Bonchev–Trinajstić information content (AvgIpc) is 1.64. The SMILES string of the molecule is CC1(C)OB(c2ccc(C(=O)NCc3cc(CNC(=O)c4ccc(B5OC(C)(C)C(C)(C)O5)cc4)cc(C(=O)NCCCC[C@H](NC(=O)c4cc(CNC(=O)c5ccc(B6OC(C)(C)C(C)(C)O6)cc5)cc(CNC(=O)c5ccc(B6OC(C)(C)C(C)(C)O6)cc5)c4)C(=O)CCCC(=O)ON4C(=O)CCC4=O)c3)cc2)OC1(C)C. The Kier molecular flexibility index (Phi) is 25.5. The number of carbonyl (C=O) groups excluding carboxylic acids is 10. The molecule has 8 amide bonds. The van der Waals surface area contributed by atoms with Crippen molar-refractivity contribution >= 4 is 109 Å². The molecule has 11 rings (SSSR count). The third-order valence-corrected chi connectivity index (χ3v) is 23.1. The van der Waals surface area contributed by atoms with E-state index in [1.165, 1.54) is 0 Å². The van der Waals surface area contributed by atoms with Gasteiger partial charge >= 0.3 is 34.4 Å². The first-order chi connectivity index (χ1) is 53.5. The molecular formula is C84H103B4N7O19. The van der Waals surface area contributed by atoms with Gasteiger partial charge in [-0.2, -0.15) is 0 Å². The van der Waals surface area contributed by atoms with E-state index in [0.717, 1.165) is 21.9 Å². The van der Waals surface area contributed by atoms with Gasteiger partial charge in [0, 0.05) is 91.8 Å². The van der Waals surface area contributed by atoms with E-state index < -0.39 is 127 Å². The molecule has 0 aliphatic carbocycles. The van der Waals surface area contributed by atoms with Gasteiger partial charge in [0.25, 0.3) is 47.3 Å². The molecule has 600 valence electrons. The van der Waals surface area contributed by atoms with Crippen molar-refractivity contribution in [1.82, 2.24) is 37.0 Å². The van der Waals surface area contributed by atoms with Gasteiger partial charge in [-0.3, -0.25) is 43.2 Å². The van der Waals surface area contributed by atoms with Crippen LogP contribution in [-0.4, -0.2) is 150 Å². The summed E-state index contributed by atoms with van der Waals surface area (Å²) in [6.45, 7) is 31.3. The van der Waals surface area contributed by atoms with Crippen LogP contribution >= 0.6 is 0 Å². The molecule has 30 heteroatoms. The average molecular weight is 1560 g/mol. The summed E-state index contributed by atoms with van der Waals surface area (Å²) < 4.78 is 49.8. The van der Waals surface area contributed by atoms with Crippen molar-refractivity contribution in [3.63, 3.8) is 0 Å². The minimum Gasteiger partial charge on any atom is -0.399 e. The molecule has 6 aromatic rings. The van der Waals surface area contributed by atoms with Gasteiger partial charge in [0.05, 0.1) is 50.9 Å². The van der Waals surface area contributed by atoms with Crippen molar-refractivity contribution < 1.29 is 90.0 Å². The number of ketones is 1.